The van der Waals surface area contributed by atoms with Crippen LogP contribution in [0.4, 0.5) is 0 Å². The average Bonchev–Trinajstić information content (AvgIpc) is 3.07. The Bertz CT molecular complexity index is 1390. The van der Waals surface area contributed by atoms with Crippen molar-refractivity contribution in [3.05, 3.63) is 106 Å². The second-order valence-electron chi connectivity index (χ2n) is 11.6. The number of hydrogen-bond donors (Lipinski definition) is 2. The van der Waals surface area contributed by atoms with Crippen LogP contribution >= 0.6 is 0 Å². The first-order valence-corrected chi connectivity index (χ1v) is 15.4. The lowest BCUT2D eigenvalue weighted by molar-refractivity contribution is -0.119. The summed E-state index contributed by atoms with van der Waals surface area (Å²) in [4.78, 5) is 33.5. The fourth-order valence-electron chi connectivity index (χ4n) is 5.65. The number of hydrogen-bond acceptors (Lipinski definition) is 10. The zero-order chi connectivity index (χ0) is 30.7. The molecule has 10 heteroatoms. The number of ketones is 2. The van der Waals surface area contributed by atoms with E-state index in [1.807, 2.05) is 36.4 Å². The molecule has 4 N–H and O–H groups in total. The summed E-state index contributed by atoms with van der Waals surface area (Å²) in [5.41, 5.74) is 18.3. The van der Waals surface area contributed by atoms with E-state index in [1.54, 1.807) is 12.4 Å². The molecule has 0 saturated heterocycles. The predicted octanol–water partition coefficient (Wildman–Crippen LogP) is 3.90. The molecule has 2 unspecified atom stereocenters. The van der Waals surface area contributed by atoms with Gasteiger partial charge in [-0.25, -0.2) is 0 Å². The maximum Gasteiger partial charge on any atom is 0.139 e. The number of pyridine rings is 2. The number of Topliss-reactive ketones (excluding diaryl/α,β-unsaturated/α-hetero) is 2. The van der Waals surface area contributed by atoms with Crippen LogP contribution in [0.25, 0.3) is 0 Å². The van der Waals surface area contributed by atoms with Gasteiger partial charge >= 0.3 is 0 Å². The summed E-state index contributed by atoms with van der Waals surface area (Å²) >= 11 is 0. The van der Waals surface area contributed by atoms with Gasteiger partial charge in [-0.2, -0.15) is 20.4 Å². The van der Waals surface area contributed by atoms with Crippen molar-refractivity contribution in [3.8, 4) is 0 Å². The molecule has 1 saturated carbocycles. The van der Waals surface area contributed by atoms with Crippen LogP contribution in [0.3, 0.4) is 0 Å². The van der Waals surface area contributed by atoms with Crippen molar-refractivity contribution in [2.45, 2.75) is 89.1 Å². The average molecular weight is 593 g/mol. The maximum atomic E-state index is 12.5. The summed E-state index contributed by atoms with van der Waals surface area (Å²) in [6.07, 6.45) is 10.2. The van der Waals surface area contributed by atoms with Crippen LogP contribution < -0.4 is 11.5 Å². The number of aryl methyl sites for hydroxylation is 2. The Kier molecular flexibility index (Phi) is 10.9. The van der Waals surface area contributed by atoms with Gasteiger partial charge < -0.3 is 11.5 Å². The summed E-state index contributed by atoms with van der Waals surface area (Å²) in [7, 11) is 0. The predicted molar refractivity (Wildman–Crippen MR) is 166 cm³/mol. The zero-order valence-electron chi connectivity index (χ0n) is 25.1. The first kappa shape index (κ1) is 31.2. The third-order valence-electron chi connectivity index (χ3n) is 8.31. The molecule has 1 aliphatic rings. The summed E-state index contributed by atoms with van der Waals surface area (Å²) < 4.78 is 0. The van der Waals surface area contributed by atoms with E-state index in [0.29, 0.717) is 63.5 Å². The molecule has 4 aromatic rings. The van der Waals surface area contributed by atoms with Gasteiger partial charge in [-0.3, -0.25) is 19.6 Å². The normalized spacial score (nSPS) is 16.5. The van der Waals surface area contributed by atoms with Gasteiger partial charge in [0, 0.05) is 74.4 Å². The van der Waals surface area contributed by atoms with Gasteiger partial charge in [-0.1, -0.05) is 18.6 Å². The molecule has 44 heavy (non-hydrogen) atoms. The standard InChI is InChI=1S/C34H40N8O2/c35-19-23-4-6-29(37-21-23)17-31(43)12-8-27-10-14-33(41-39-27)25-2-1-3-26(16-25)34-15-11-28(40-42-34)9-13-32(44)18-30-7-5-24(20-36)22-38-30/h4-7,10-11,14-15,21-22,25-26H,1-3,8-9,12-13,16-20,35-36H2. The topological polar surface area (TPSA) is 164 Å². The van der Waals surface area contributed by atoms with Gasteiger partial charge in [0.2, 0.25) is 0 Å². The van der Waals surface area contributed by atoms with Gasteiger partial charge in [0.25, 0.3) is 0 Å². The number of carbonyl (C=O) groups excluding carboxylic acids is 2. The molecule has 0 amide bonds. The molecule has 5 rings (SSSR count). The number of aromatic nitrogens is 6. The van der Waals surface area contributed by atoms with Crippen molar-refractivity contribution in [3.63, 3.8) is 0 Å². The molecule has 2 atom stereocenters. The highest BCUT2D eigenvalue weighted by Crippen LogP contribution is 2.39. The molecule has 1 fully saturated rings. The third kappa shape index (κ3) is 8.87. The lowest BCUT2D eigenvalue weighted by atomic mass is 9.78. The summed E-state index contributed by atoms with van der Waals surface area (Å²) in [6.45, 7) is 0.879. The molecule has 0 radical (unpaired) electrons. The first-order chi connectivity index (χ1) is 21.5. The Balaban J connectivity index is 1.07. The molecule has 4 aromatic heterocycles. The maximum absolute atomic E-state index is 12.5. The van der Waals surface area contributed by atoms with Crippen molar-refractivity contribution < 1.29 is 9.59 Å². The van der Waals surface area contributed by atoms with Crippen LogP contribution in [0.5, 0.6) is 0 Å². The Morgan fingerprint density at radius 2 is 1.07 bits per heavy atom. The SMILES string of the molecule is NCc1ccc(CC(=O)CCc2ccc(C3CCCC(c4ccc(CCC(=O)Cc5ccc(CN)cn5)nn4)C3)nn2)nc1. The van der Waals surface area contributed by atoms with Crippen LogP contribution in [0, 0.1) is 0 Å². The fourth-order valence-corrected chi connectivity index (χ4v) is 5.65. The first-order valence-electron chi connectivity index (χ1n) is 15.4. The minimum atomic E-state index is 0.129. The monoisotopic (exact) mass is 592 g/mol. The second kappa shape index (κ2) is 15.4. The Hall–Kier alpha value is -4.28. The van der Waals surface area contributed by atoms with Crippen molar-refractivity contribution in [2.75, 3.05) is 0 Å². The van der Waals surface area contributed by atoms with E-state index in [-0.39, 0.29) is 11.6 Å². The highest BCUT2D eigenvalue weighted by atomic mass is 16.1. The van der Waals surface area contributed by atoms with Gasteiger partial charge in [-0.15, -0.1) is 0 Å². The molecule has 10 nitrogen and oxygen atoms in total. The van der Waals surface area contributed by atoms with Crippen LogP contribution in [0.2, 0.25) is 0 Å². The van der Waals surface area contributed by atoms with Crippen LogP contribution in [0.15, 0.2) is 60.9 Å². The van der Waals surface area contributed by atoms with Gasteiger partial charge in [-0.05, 0) is 79.6 Å². The van der Waals surface area contributed by atoms with Crippen molar-refractivity contribution in [2.24, 2.45) is 11.5 Å². The fraction of sp³-hybridized carbons (Fsp3) is 0.412. The summed E-state index contributed by atoms with van der Waals surface area (Å²) in [5.74, 6) is 0.880. The van der Waals surface area contributed by atoms with Crippen LogP contribution in [-0.4, -0.2) is 41.9 Å². The lowest BCUT2D eigenvalue weighted by Gasteiger charge is -2.28. The molecular formula is C34H40N8O2. The van der Waals surface area contributed by atoms with Crippen LogP contribution in [-0.2, 0) is 48.4 Å². The third-order valence-corrected chi connectivity index (χ3v) is 8.31. The molecule has 0 aliphatic heterocycles. The molecule has 0 bridgehead atoms. The minimum absolute atomic E-state index is 0.129. The van der Waals surface area contributed by atoms with E-state index in [9.17, 15) is 9.59 Å². The lowest BCUT2D eigenvalue weighted by Crippen LogP contribution is -2.16. The van der Waals surface area contributed by atoms with Gasteiger partial charge in [0.15, 0.2) is 0 Å². The van der Waals surface area contributed by atoms with E-state index >= 15 is 0 Å². The van der Waals surface area contributed by atoms with Crippen LogP contribution in [0.1, 0.15) is 95.7 Å². The molecule has 0 aromatic carbocycles. The van der Waals surface area contributed by atoms with Crippen molar-refractivity contribution >= 4 is 11.6 Å². The quantitative estimate of drug-likeness (QED) is 0.219. The number of nitrogens with two attached hydrogens (primary N) is 2. The Labute approximate surface area is 258 Å². The molecule has 4 heterocycles. The summed E-state index contributed by atoms with van der Waals surface area (Å²) in [5, 5.41) is 18.0. The van der Waals surface area contributed by atoms with E-state index < -0.39 is 0 Å². The minimum Gasteiger partial charge on any atom is -0.326 e. The molecule has 1 aliphatic carbocycles. The smallest absolute Gasteiger partial charge is 0.139 e. The van der Waals surface area contributed by atoms with E-state index in [0.717, 1.165) is 71.0 Å². The summed E-state index contributed by atoms with van der Waals surface area (Å²) in [6, 6.07) is 15.6. The highest BCUT2D eigenvalue weighted by Gasteiger charge is 2.27. The van der Waals surface area contributed by atoms with E-state index in [1.165, 1.54) is 0 Å². The van der Waals surface area contributed by atoms with Gasteiger partial charge in [0.05, 0.1) is 22.8 Å². The molecule has 0 spiro atoms. The number of carbonyl (C=O) groups is 2. The van der Waals surface area contributed by atoms with E-state index in [2.05, 4.69) is 42.5 Å². The zero-order valence-corrected chi connectivity index (χ0v) is 25.1. The Morgan fingerprint density at radius 1 is 0.614 bits per heavy atom. The number of nitrogens with zero attached hydrogens (tertiary/aromatic N) is 6. The van der Waals surface area contributed by atoms with Gasteiger partial charge in [0.1, 0.15) is 11.6 Å². The largest absolute Gasteiger partial charge is 0.326 e. The van der Waals surface area contributed by atoms with E-state index in [4.69, 9.17) is 11.5 Å². The molecular weight excluding hydrogens is 552 g/mol. The molecule has 228 valence electrons. The Morgan fingerprint density at radius 3 is 1.43 bits per heavy atom. The van der Waals surface area contributed by atoms with Crippen molar-refractivity contribution in [1.29, 1.82) is 0 Å². The second-order valence-corrected chi connectivity index (χ2v) is 11.6. The highest BCUT2D eigenvalue weighted by molar-refractivity contribution is 5.81. The number of rotatable bonds is 14. The van der Waals surface area contributed by atoms with Crippen molar-refractivity contribution in [1.82, 2.24) is 30.4 Å².